The minimum Gasteiger partial charge on any atom is -0.493 e. The number of nitro groups is 1. The van der Waals surface area contributed by atoms with Crippen LogP contribution < -0.4 is 19.5 Å². The third-order valence-corrected chi connectivity index (χ3v) is 4.48. The third-order valence-electron chi connectivity index (χ3n) is 4.17. The number of carbonyl (C=O) groups excluding carboxylic acids is 2. The van der Waals surface area contributed by atoms with Gasteiger partial charge in [-0.25, -0.2) is 0 Å². The van der Waals surface area contributed by atoms with Crippen LogP contribution in [0.15, 0.2) is 30.3 Å². The Labute approximate surface area is 183 Å². The Hall–Kier alpha value is -3.53. The molecule has 31 heavy (non-hydrogen) atoms. The topological polar surface area (TPSA) is 126 Å². The molecule has 0 fully saturated rings. The van der Waals surface area contributed by atoms with Gasteiger partial charge < -0.3 is 24.3 Å². The molecule has 0 aromatic heterocycles. The molecular weight excluding hydrogens is 432 g/mol. The van der Waals surface area contributed by atoms with Gasteiger partial charge >= 0.3 is 5.97 Å². The van der Waals surface area contributed by atoms with E-state index in [1.54, 1.807) is 12.1 Å². The van der Waals surface area contributed by atoms with Crippen LogP contribution in [0.1, 0.15) is 12.5 Å². The minimum atomic E-state index is -1.14. The molecular formula is C20H21ClN2O8. The highest BCUT2D eigenvalue weighted by atomic mass is 35.5. The predicted octanol–water partition coefficient (Wildman–Crippen LogP) is 3.39. The second kappa shape index (κ2) is 10.5. The normalized spacial score (nSPS) is 11.3. The van der Waals surface area contributed by atoms with Crippen molar-refractivity contribution in [2.24, 2.45) is 0 Å². The van der Waals surface area contributed by atoms with Gasteiger partial charge in [-0.15, -0.1) is 0 Å². The smallest absolute Gasteiger partial charge is 0.311 e. The van der Waals surface area contributed by atoms with Crippen LogP contribution in [0, 0.1) is 10.1 Å². The van der Waals surface area contributed by atoms with Gasteiger partial charge in [0.2, 0.25) is 5.75 Å². The standard InChI is InChI=1S/C20H21ClN2O8/c1-11(20(25)22-15-6-5-13(23(26)27)10-14(15)21)31-18(24)9-12-7-16(28-2)19(30-4)17(8-12)29-3/h5-8,10-11H,9H2,1-4H3,(H,22,25)/t11-/m0/s1. The molecule has 0 bridgehead atoms. The number of hydrogen-bond acceptors (Lipinski definition) is 8. The molecule has 11 heteroatoms. The fourth-order valence-electron chi connectivity index (χ4n) is 2.65. The molecule has 0 spiro atoms. The van der Waals surface area contributed by atoms with E-state index in [1.165, 1.54) is 40.4 Å². The zero-order chi connectivity index (χ0) is 23.1. The summed E-state index contributed by atoms with van der Waals surface area (Å²) in [5.41, 5.74) is 0.475. The number of ether oxygens (including phenoxy) is 4. The van der Waals surface area contributed by atoms with Crippen LogP contribution in [0.25, 0.3) is 0 Å². The Morgan fingerprint density at radius 2 is 1.71 bits per heavy atom. The Morgan fingerprint density at radius 3 is 2.19 bits per heavy atom. The molecule has 2 aromatic rings. The Kier molecular flexibility index (Phi) is 8.03. The molecule has 10 nitrogen and oxygen atoms in total. The van der Waals surface area contributed by atoms with Crippen molar-refractivity contribution < 1.29 is 33.5 Å². The largest absolute Gasteiger partial charge is 0.493 e. The molecule has 0 saturated carbocycles. The highest BCUT2D eigenvalue weighted by Gasteiger charge is 2.21. The lowest BCUT2D eigenvalue weighted by Gasteiger charge is -2.16. The summed E-state index contributed by atoms with van der Waals surface area (Å²) in [6.45, 7) is 1.39. The first-order valence-corrected chi connectivity index (χ1v) is 9.31. The number of nitrogens with zero attached hydrogens (tertiary/aromatic N) is 1. The van der Waals surface area contributed by atoms with Gasteiger partial charge in [0.05, 0.1) is 43.4 Å². The van der Waals surface area contributed by atoms with Crippen LogP contribution in [0.4, 0.5) is 11.4 Å². The number of rotatable bonds is 9. The summed E-state index contributed by atoms with van der Waals surface area (Å²) in [6.07, 6.45) is -1.28. The summed E-state index contributed by atoms with van der Waals surface area (Å²) in [5.74, 6) is -0.165. The van der Waals surface area contributed by atoms with Gasteiger partial charge in [-0.3, -0.25) is 19.7 Å². The number of benzene rings is 2. The zero-order valence-electron chi connectivity index (χ0n) is 17.3. The molecule has 0 aliphatic carbocycles. The summed E-state index contributed by atoms with van der Waals surface area (Å²) < 4.78 is 20.9. The number of carbonyl (C=O) groups is 2. The summed E-state index contributed by atoms with van der Waals surface area (Å²) in [6, 6.07) is 6.80. The van der Waals surface area contributed by atoms with Crippen molar-refractivity contribution in [2.75, 3.05) is 26.6 Å². The fourth-order valence-corrected chi connectivity index (χ4v) is 2.87. The lowest BCUT2D eigenvalue weighted by atomic mass is 10.1. The molecule has 2 rings (SSSR count). The average molecular weight is 453 g/mol. The average Bonchev–Trinajstić information content (AvgIpc) is 2.73. The number of halogens is 1. The van der Waals surface area contributed by atoms with Crippen LogP contribution in [0.2, 0.25) is 5.02 Å². The van der Waals surface area contributed by atoms with E-state index in [2.05, 4.69) is 5.32 Å². The van der Waals surface area contributed by atoms with E-state index in [1.807, 2.05) is 0 Å². The Balaban J connectivity index is 2.04. The molecule has 166 valence electrons. The first-order chi connectivity index (χ1) is 14.7. The van der Waals surface area contributed by atoms with E-state index in [-0.39, 0.29) is 22.8 Å². The minimum absolute atomic E-state index is 0.0153. The summed E-state index contributed by atoms with van der Waals surface area (Å²) in [4.78, 5) is 34.8. The molecule has 0 saturated heterocycles. The lowest BCUT2D eigenvalue weighted by molar-refractivity contribution is -0.384. The van der Waals surface area contributed by atoms with Crippen LogP contribution in [-0.2, 0) is 20.7 Å². The fraction of sp³-hybridized carbons (Fsp3) is 0.300. The van der Waals surface area contributed by atoms with Crippen molar-refractivity contribution in [3.8, 4) is 17.2 Å². The van der Waals surface area contributed by atoms with Gasteiger partial charge in [-0.05, 0) is 30.7 Å². The van der Waals surface area contributed by atoms with Crippen molar-refractivity contribution in [3.63, 3.8) is 0 Å². The maximum absolute atomic E-state index is 12.3. The number of anilines is 1. The summed E-state index contributed by atoms with van der Waals surface area (Å²) >= 11 is 5.96. The molecule has 2 aromatic carbocycles. The highest BCUT2D eigenvalue weighted by Crippen LogP contribution is 2.38. The molecule has 0 aliphatic heterocycles. The number of esters is 1. The number of non-ortho nitro benzene ring substituents is 1. The van der Waals surface area contributed by atoms with Gasteiger partial charge in [0.1, 0.15) is 0 Å². The van der Waals surface area contributed by atoms with Gasteiger partial charge in [0, 0.05) is 12.1 Å². The number of methoxy groups -OCH3 is 3. The molecule has 0 aliphatic rings. The highest BCUT2D eigenvalue weighted by molar-refractivity contribution is 6.34. The third kappa shape index (κ3) is 5.98. The first-order valence-electron chi connectivity index (χ1n) is 8.93. The number of nitro benzene ring substituents is 1. The summed E-state index contributed by atoms with van der Waals surface area (Å²) in [5, 5.41) is 13.2. The zero-order valence-corrected chi connectivity index (χ0v) is 18.0. The monoisotopic (exact) mass is 452 g/mol. The van der Waals surface area contributed by atoms with Crippen molar-refractivity contribution in [3.05, 3.63) is 51.0 Å². The van der Waals surface area contributed by atoms with E-state index < -0.39 is 22.9 Å². The van der Waals surface area contributed by atoms with E-state index in [9.17, 15) is 19.7 Å². The van der Waals surface area contributed by atoms with Gasteiger partial charge in [0.25, 0.3) is 11.6 Å². The first kappa shape index (κ1) is 23.7. The second-order valence-corrected chi connectivity index (χ2v) is 6.66. The maximum Gasteiger partial charge on any atom is 0.311 e. The van der Waals surface area contributed by atoms with Gasteiger partial charge in [-0.1, -0.05) is 11.6 Å². The number of amides is 1. The van der Waals surface area contributed by atoms with E-state index in [0.29, 0.717) is 22.8 Å². The number of nitrogens with one attached hydrogen (secondary N) is 1. The molecule has 1 atom stereocenters. The van der Waals surface area contributed by atoms with Crippen LogP contribution in [0.5, 0.6) is 17.2 Å². The van der Waals surface area contributed by atoms with Crippen LogP contribution in [-0.4, -0.2) is 44.2 Å². The Bertz CT molecular complexity index is 970. The quantitative estimate of drug-likeness (QED) is 0.348. The van der Waals surface area contributed by atoms with Crippen molar-refractivity contribution in [1.29, 1.82) is 0 Å². The van der Waals surface area contributed by atoms with Crippen molar-refractivity contribution >= 4 is 34.9 Å². The Morgan fingerprint density at radius 1 is 1.10 bits per heavy atom. The maximum atomic E-state index is 12.3. The van der Waals surface area contributed by atoms with E-state index in [0.717, 1.165) is 6.07 Å². The van der Waals surface area contributed by atoms with E-state index in [4.69, 9.17) is 30.5 Å². The molecule has 1 N–H and O–H groups in total. The summed E-state index contributed by atoms with van der Waals surface area (Å²) in [7, 11) is 4.37. The van der Waals surface area contributed by atoms with Gasteiger partial charge in [0.15, 0.2) is 17.6 Å². The number of hydrogen-bond donors (Lipinski definition) is 1. The predicted molar refractivity (Wildman–Crippen MR) is 112 cm³/mol. The molecule has 1 amide bonds. The van der Waals surface area contributed by atoms with Crippen LogP contribution >= 0.6 is 11.6 Å². The van der Waals surface area contributed by atoms with Gasteiger partial charge in [-0.2, -0.15) is 0 Å². The van der Waals surface area contributed by atoms with Crippen molar-refractivity contribution in [2.45, 2.75) is 19.4 Å². The molecule has 0 radical (unpaired) electrons. The SMILES string of the molecule is COc1cc(CC(=O)O[C@@H](C)C(=O)Nc2ccc([N+](=O)[O-])cc2Cl)cc(OC)c1OC. The molecule has 0 unspecified atom stereocenters. The molecule has 0 heterocycles. The van der Waals surface area contributed by atoms with Crippen LogP contribution in [0.3, 0.4) is 0 Å². The van der Waals surface area contributed by atoms with Crippen molar-refractivity contribution in [1.82, 2.24) is 0 Å². The second-order valence-electron chi connectivity index (χ2n) is 6.25. The van der Waals surface area contributed by atoms with E-state index >= 15 is 0 Å². The lowest BCUT2D eigenvalue weighted by Crippen LogP contribution is -2.30.